The number of hydrogen-bond donors (Lipinski definition) is 1. The molecule has 1 N–H and O–H groups in total. The van der Waals surface area contributed by atoms with Crippen LogP contribution >= 0.6 is 34.8 Å². The number of nitrogens with zero attached hydrogens (tertiary/aromatic N) is 3. The molecule has 0 atom stereocenters. The number of amides is 1. The zero-order valence-electron chi connectivity index (χ0n) is 18.7. The third kappa shape index (κ3) is 4.99. The average molecular weight is 554 g/mol. The number of hydrazone groups is 1. The molecule has 2 aromatic heterocycles. The molecule has 5 aromatic rings. The van der Waals surface area contributed by atoms with Crippen LogP contribution in [0.15, 0.2) is 86.0 Å². The highest BCUT2D eigenvalue weighted by Crippen LogP contribution is 2.27. The summed E-state index contributed by atoms with van der Waals surface area (Å²) < 4.78 is 6.48. The Hall–Kier alpha value is -3.98. The van der Waals surface area contributed by atoms with Gasteiger partial charge in [-0.05, 0) is 30.3 Å². The van der Waals surface area contributed by atoms with Crippen molar-refractivity contribution in [2.75, 3.05) is 0 Å². The van der Waals surface area contributed by atoms with Crippen molar-refractivity contribution in [2.24, 2.45) is 5.10 Å². The molecule has 0 saturated carbocycles. The van der Waals surface area contributed by atoms with Gasteiger partial charge in [0.2, 0.25) is 5.43 Å². The zero-order valence-corrected chi connectivity index (χ0v) is 21.0. The minimum atomic E-state index is -0.626. The highest BCUT2D eigenvalue weighted by Gasteiger charge is 2.15. The summed E-state index contributed by atoms with van der Waals surface area (Å²) in [5.41, 5.74) is 2.95. The van der Waals surface area contributed by atoms with Gasteiger partial charge in [-0.15, -0.1) is 0 Å². The maximum atomic E-state index is 13.0. The molecule has 0 saturated heterocycles. The fourth-order valence-corrected chi connectivity index (χ4v) is 4.44. The van der Waals surface area contributed by atoms with Crippen LogP contribution in [-0.2, 0) is 11.3 Å². The molecule has 1 amide bonds. The van der Waals surface area contributed by atoms with E-state index in [1.54, 1.807) is 48.5 Å². The minimum absolute atomic E-state index is 0.0668. The molecule has 8 nitrogen and oxygen atoms in total. The van der Waals surface area contributed by atoms with Gasteiger partial charge in [-0.2, -0.15) is 10.2 Å². The SMILES string of the molecule is O=C(Cn1nc(-c2ccc(Cl)cc2)c2ccccc2c1=O)N/N=C/c1coc2c(Cl)cc(Cl)cc2c1=O. The molecular formula is C26H15Cl3N4O4. The number of halogens is 3. The van der Waals surface area contributed by atoms with Gasteiger partial charge in [-0.1, -0.05) is 65.1 Å². The molecule has 11 heteroatoms. The fraction of sp³-hybridized carbons (Fsp3) is 0.0385. The molecule has 0 unspecified atom stereocenters. The second kappa shape index (κ2) is 10.2. The number of nitrogens with one attached hydrogen (secondary N) is 1. The van der Waals surface area contributed by atoms with Gasteiger partial charge in [0.05, 0.1) is 33.3 Å². The summed E-state index contributed by atoms with van der Waals surface area (Å²) in [4.78, 5) is 38.3. The quantitative estimate of drug-likeness (QED) is 0.235. The highest BCUT2D eigenvalue weighted by molar-refractivity contribution is 6.38. The molecule has 0 aliphatic rings. The van der Waals surface area contributed by atoms with Gasteiger partial charge in [0, 0.05) is 21.0 Å². The molecule has 5 rings (SSSR count). The van der Waals surface area contributed by atoms with Gasteiger partial charge in [0.1, 0.15) is 12.8 Å². The summed E-state index contributed by atoms with van der Waals surface area (Å²) in [6, 6.07) is 16.9. The van der Waals surface area contributed by atoms with Gasteiger partial charge in [-0.3, -0.25) is 14.4 Å². The lowest BCUT2D eigenvalue weighted by molar-refractivity contribution is -0.121. The third-order valence-electron chi connectivity index (χ3n) is 5.49. The van der Waals surface area contributed by atoms with Crippen molar-refractivity contribution in [3.63, 3.8) is 0 Å². The van der Waals surface area contributed by atoms with Crippen LogP contribution in [0.4, 0.5) is 0 Å². The summed E-state index contributed by atoms with van der Waals surface area (Å²) in [5, 5.41) is 10.5. The van der Waals surface area contributed by atoms with Crippen LogP contribution in [0.2, 0.25) is 15.1 Å². The average Bonchev–Trinajstić information content (AvgIpc) is 2.88. The second-order valence-corrected chi connectivity index (χ2v) is 9.22. The van der Waals surface area contributed by atoms with Crippen LogP contribution < -0.4 is 16.4 Å². The van der Waals surface area contributed by atoms with Crippen LogP contribution in [0.25, 0.3) is 33.0 Å². The van der Waals surface area contributed by atoms with E-state index in [2.05, 4.69) is 15.6 Å². The summed E-state index contributed by atoms with van der Waals surface area (Å²) >= 11 is 18.1. The molecule has 0 spiro atoms. The van der Waals surface area contributed by atoms with Crippen molar-refractivity contribution in [1.29, 1.82) is 0 Å². The van der Waals surface area contributed by atoms with Crippen LogP contribution in [0.5, 0.6) is 0 Å². The summed E-state index contributed by atoms with van der Waals surface area (Å²) in [6.07, 6.45) is 2.31. The lowest BCUT2D eigenvalue weighted by Gasteiger charge is -2.11. The van der Waals surface area contributed by atoms with E-state index in [0.717, 1.165) is 16.5 Å². The van der Waals surface area contributed by atoms with Gasteiger partial charge >= 0.3 is 0 Å². The number of benzene rings is 3. The highest BCUT2D eigenvalue weighted by atomic mass is 35.5. The monoisotopic (exact) mass is 552 g/mol. The first-order chi connectivity index (χ1) is 17.8. The van der Waals surface area contributed by atoms with Gasteiger partial charge in [-0.25, -0.2) is 10.1 Å². The lowest BCUT2D eigenvalue weighted by atomic mass is 10.1. The van der Waals surface area contributed by atoms with Gasteiger partial charge < -0.3 is 4.42 Å². The Bertz CT molecular complexity index is 1830. The molecule has 0 fully saturated rings. The molecule has 0 radical (unpaired) electrons. The van der Waals surface area contributed by atoms with E-state index in [9.17, 15) is 14.4 Å². The Kier molecular flexibility index (Phi) is 6.80. The van der Waals surface area contributed by atoms with E-state index in [1.807, 2.05) is 0 Å². The van der Waals surface area contributed by atoms with E-state index in [0.29, 0.717) is 21.5 Å². The largest absolute Gasteiger partial charge is 0.462 e. The smallest absolute Gasteiger partial charge is 0.275 e. The van der Waals surface area contributed by atoms with Crippen LogP contribution in [0.3, 0.4) is 0 Å². The third-order valence-corrected chi connectivity index (χ3v) is 6.24. The number of carbonyl (C=O) groups excluding carboxylic acids is 1. The Morgan fingerprint density at radius 2 is 1.70 bits per heavy atom. The van der Waals surface area contributed by atoms with Crippen molar-refractivity contribution < 1.29 is 9.21 Å². The van der Waals surface area contributed by atoms with E-state index in [4.69, 9.17) is 39.2 Å². The first-order valence-electron chi connectivity index (χ1n) is 10.8. The van der Waals surface area contributed by atoms with Crippen molar-refractivity contribution in [2.45, 2.75) is 6.54 Å². The molecule has 0 aliphatic carbocycles. The van der Waals surface area contributed by atoms with Gasteiger partial charge in [0.15, 0.2) is 5.58 Å². The number of carbonyl (C=O) groups is 1. The normalized spacial score (nSPS) is 11.4. The maximum absolute atomic E-state index is 13.0. The summed E-state index contributed by atoms with van der Waals surface area (Å²) in [6.45, 7) is -0.404. The standard InChI is InChI=1S/C26H15Cl3N4O4/c27-16-7-5-14(6-8-16)23-18-3-1-2-4-19(18)26(36)33(32-23)12-22(34)31-30-11-15-13-37-25-20(24(15)35)9-17(28)10-21(25)29/h1-11,13H,12H2,(H,31,34)/b30-11+. The summed E-state index contributed by atoms with van der Waals surface area (Å²) in [5.74, 6) is -0.626. The van der Waals surface area contributed by atoms with Crippen LogP contribution in [0.1, 0.15) is 5.56 Å². The zero-order chi connectivity index (χ0) is 26.1. The lowest BCUT2D eigenvalue weighted by Crippen LogP contribution is -2.32. The fourth-order valence-electron chi connectivity index (χ4n) is 3.78. The Labute approximate surface area is 223 Å². The Morgan fingerprint density at radius 1 is 0.973 bits per heavy atom. The van der Waals surface area contributed by atoms with E-state index in [1.165, 1.54) is 18.4 Å². The molecule has 37 heavy (non-hydrogen) atoms. The number of hydrogen-bond acceptors (Lipinski definition) is 6. The Balaban J connectivity index is 1.41. The Morgan fingerprint density at radius 3 is 2.46 bits per heavy atom. The first-order valence-corrected chi connectivity index (χ1v) is 11.9. The van der Waals surface area contributed by atoms with Crippen LogP contribution in [-0.4, -0.2) is 21.9 Å². The molecular weight excluding hydrogens is 539 g/mol. The number of rotatable bonds is 5. The second-order valence-electron chi connectivity index (χ2n) is 7.94. The first kappa shape index (κ1) is 24.7. The number of aromatic nitrogens is 2. The van der Waals surface area contributed by atoms with Gasteiger partial charge in [0.25, 0.3) is 11.5 Å². The minimum Gasteiger partial charge on any atom is -0.462 e. The molecule has 3 aromatic carbocycles. The molecule has 0 aliphatic heterocycles. The van der Waals surface area contributed by atoms with Crippen molar-refractivity contribution in [3.05, 3.63) is 108 Å². The molecule has 0 bridgehead atoms. The van der Waals surface area contributed by atoms with E-state index >= 15 is 0 Å². The number of fused-ring (bicyclic) bond motifs is 2. The molecule has 2 heterocycles. The van der Waals surface area contributed by atoms with Crippen molar-refractivity contribution in [3.8, 4) is 11.3 Å². The topological polar surface area (TPSA) is 107 Å². The predicted molar refractivity (Wildman–Crippen MR) is 145 cm³/mol. The van der Waals surface area contributed by atoms with Crippen molar-refractivity contribution in [1.82, 2.24) is 15.2 Å². The van der Waals surface area contributed by atoms with Crippen LogP contribution in [0, 0.1) is 0 Å². The van der Waals surface area contributed by atoms with E-state index in [-0.39, 0.29) is 26.6 Å². The molecule has 184 valence electrons. The van der Waals surface area contributed by atoms with Crippen molar-refractivity contribution >= 4 is 68.7 Å². The maximum Gasteiger partial charge on any atom is 0.275 e. The van der Waals surface area contributed by atoms with E-state index < -0.39 is 23.4 Å². The predicted octanol–water partition coefficient (Wildman–Crippen LogP) is 5.28. The summed E-state index contributed by atoms with van der Waals surface area (Å²) in [7, 11) is 0.